The zero-order valence-corrected chi connectivity index (χ0v) is 15.8. The van der Waals surface area contributed by atoms with Gasteiger partial charge in [-0.15, -0.1) is 5.10 Å². The summed E-state index contributed by atoms with van der Waals surface area (Å²) in [5.41, 5.74) is 2.27. The summed E-state index contributed by atoms with van der Waals surface area (Å²) in [7, 11) is 3.67. The molecule has 8 heteroatoms. The summed E-state index contributed by atoms with van der Waals surface area (Å²) < 4.78 is 5.59. The third-order valence-electron chi connectivity index (χ3n) is 4.98. The van der Waals surface area contributed by atoms with Crippen molar-refractivity contribution in [3.8, 4) is 11.5 Å². The van der Waals surface area contributed by atoms with Crippen LogP contribution in [0.15, 0.2) is 53.2 Å². The fourth-order valence-corrected chi connectivity index (χ4v) is 3.28. The van der Waals surface area contributed by atoms with E-state index < -0.39 is 0 Å². The van der Waals surface area contributed by atoms with E-state index in [0.717, 1.165) is 30.4 Å². The number of hydrogen-bond acceptors (Lipinski definition) is 6. The molecule has 4 rings (SSSR count). The molecule has 2 amide bonds. The maximum atomic E-state index is 12.5. The van der Waals surface area contributed by atoms with Gasteiger partial charge in [0.05, 0.1) is 5.54 Å². The number of benzene rings is 1. The number of urea groups is 1. The molecule has 144 valence electrons. The van der Waals surface area contributed by atoms with Crippen LogP contribution in [0.25, 0.3) is 11.5 Å². The Balaban J connectivity index is 1.42. The van der Waals surface area contributed by atoms with Crippen LogP contribution in [0.1, 0.15) is 24.8 Å². The first-order valence-corrected chi connectivity index (χ1v) is 9.17. The number of nitrogens with one attached hydrogen (secondary N) is 2. The number of amides is 2. The fourth-order valence-electron chi connectivity index (χ4n) is 3.28. The molecule has 1 aromatic carbocycles. The number of pyridine rings is 1. The molecular weight excluding hydrogens is 356 g/mol. The van der Waals surface area contributed by atoms with Crippen LogP contribution in [-0.2, 0) is 5.54 Å². The van der Waals surface area contributed by atoms with E-state index in [9.17, 15) is 4.79 Å². The molecular formula is C20H22N6O2. The summed E-state index contributed by atoms with van der Waals surface area (Å²) in [5, 5.41) is 14.0. The van der Waals surface area contributed by atoms with Crippen molar-refractivity contribution in [2.45, 2.75) is 24.8 Å². The summed E-state index contributed by atoms with van der Waals surface area (Å²) in [6.07, 6.45) is 6.46. The van der Waals surface area contributed by atoms with Gasteiger partial charge in [-0.1, -0.05) is 5.10 Å². The van der Waals surface area contributed by atoms with E-state index in [1.165, 1.54) is 0 Å². The van der Waals surface area contributed by atoms with Crippen LogP contribution >= 0.6 is 0 Å². The largest absolute Gasteiger partial charge is 0.403 e. The van der Waals surface area contributed by atoms with Gasteiger partial charge in [-0.3, -0.25) is 4.98 Å². The second kappa shape index (κ2) is 7.30. The first kappa shape index (κ1) is 18.0. The van der Waals surface area contributed by atoms with Crippen LogP contribution in [0, 0.1) is 0 Å². The van der Waals surface area contributed by atoms with Gasteiger partial charge in [0.25, 0.3) is 0 Å². The van der Waals surface area contributed by atoms with E-state index in [1.54, 1.807) is 17.3 Å². The summed E-state index contributed by atoms with van der Waals surface area (Å²) in [5.74, 6) is 0.436. The number of hydrogen-bond donors (Lipinski definition) is 2. The van der Waals surface area contributed by atoms with Crippen molar-refractivity contribution in [3.05, 3.63) is 54.4 Å². The lowest BCUT2D eigenvalue weighted by Crippen LogP contribution is -2.52. The van der Waals surface area contributed by atoms with E-state index in [1.807, 2.05) is 50.5 Å². The monoisotopic (exact) mass is 378 g/mol. The van der Waals surface area contributed by atoms with Crippen molar-refractivity contribution in [1.82, 2.24) is 20.5 Å². The first-order valence-electron chi connectivity index (χ1n) is 9.17. The quantitative estimate of drug-likeness (QED) is 0.706. The third kappa shape index (κ3) is 3.53. The molecule has 1 aliphatic rings. The van der Waals surface area contributed by atoms with Gasteiger partial charge < -0.3 is 20.0 Å². The Hall–Kier alpha value is -3.42. The van der Waals surface area contributed by atoms with E-state index in [0.29, 0.717) is 17.6 Å². The fraction of sp³-hybridized carbons (Fsp3) is 0.300. The van der Waals surface area contributed by atoms with Crippen LogP contribution in [0.3, 0.4) is 0 Å². The highest BCUT2D eigenvalue weighted by molar-refractivity contribution is 5.90. The maximum Gasteiger partial charge on any atom is 0.319 e. The summed E-state index contributed by atoms with van der Waals surface area (Å²) in [4.78, 5) is 18.3. The van der Waals surface area contributed by atoms with Gasteiger partial charge >= 0.3 is 12.0 Å². The molecule has 0 unspecified atom stereocenters. The van der Waals surface area contributed by atoms with Gasteiger partial charge in [-0.25, -0.2) is 4.79 Å². The first-order chi connectivity index (χ1) is 13.6. The topological polar surface area (TPSA) is 96.2 Å². The normalized spacial score (nSPS) is 14.8. The van der Waals surface area contributed by atoms with Gasteiger partial charge in [-0.2, -0.15) is 0 Å². The number of rotatable bonds is 5. The number of carbonyl (C=O) groups is 1. The Morgan fingerprint density at radius 2 is 1.79 bits per heavy atom. The van der Waals surface area contributed by atoms with Crippen LogP contribution in [-0.4, -0.2) is 35.3 Å². The number of carbonyl (C=O) groups excluding carboxylic acids is 1. The molecule has 2 aromatic heterocycles. The van der Waals surface area contributed by atoms with Gasteiger partial charge in [0.15, 0.2) is 0 Å². The van der Waals surface area contributed by atoms with Gasteiger partial charge in [0.2, 0.25) is 5.89 Å². The Kier molecular flexibility index (Phi) is 4.68. The molecule has 1 aliphatic carbocycles. The molecule has 0 saturated heterocycles. The molecule has 1 fully saturated rings. The van der Waals surface area contributed by atoms with Crippen molar-refractivity contribution < 1.29 is 9.21 Å². The third-order valence-corrected chi connectivity index (χ3v) is 4.98. The number of nitrogens with zero attached hydrogens (tertiary/aromatic N) is 4. The average Bonchev–Trinajstić information content (AvgIpc) is 3.16. The molecule has 2 N–H and O–H groups in total. The van der Waals surface area contributed by atoms with Crippen LogP contribution in [0.5, 0.6) is 0 Å². The number of aromatic nitrogens is 3. The summed E-state index contributed by atoms with van der Waals surface area (Å²) in [6, 6.07) is 11.4. The minimum absolute atomic E-state index is 0.225. The Morgan fingerprint density at radius 3 is 2.36 bits per heavy atom. The standard InChI is InChI=1S/C20H22N6O2/c1-26(2)19-25-24-17(28-19)14-4-6-16(7-5-14)22-18(27)23-20(10-3-11-20)15-8-12-21-13-9-15/h4-9,12-13H,3,10-11H2,1-2H3,(H2,22,23,27). The zero-order chi connectivity index (χ0) is 19.6. The van der Waals surface area contributed by atoms with E-state index in [4.69, 9.17) is 4.42 Å². The lowest BCUT2D eigenvalue weighted by Gasteiger charge is -2.42. The van der Waals surface area contributed by atoms with Crippen molar-refractivity contribution in [2.75, 3.05) is 24.3 Å². The van der Waals surface area contributed by atoms with Gasteiger partial charge in [0.1, 0.15) is 0 Å². The van der Waals surface area contributed by atoms with E-state index in [-0.39, 0.29) is 11.6 Å². The molecule has 0 aliphatic heterocycles. The summed E-state index contributed by atoms with van der Waals surface area (Å²) in [6.45, 7) is 0. The van der Waals surface area contributed by atoms with Gasteiger partial charge in [0, 0.05) is 37.7 Å². The number of anilines is 2. The highest BCUT2D eigenvalue weighted by atomic mass is 16.4. The Labute approximate surface area is 163 Å². The lowest BCUT2D eigenvalue weighted by atomic mass is 9.72. The van der Waals surface area contributed by atoms with Crippen molar-refractivity contribution in [2.24, 2.45) is 0 Å². The van der Waals surface area contributed by atoms with Crippen LogP contribution in [0.4, 0.5) is 16.5 Å². The molecule has 0 spiro atoms. The summed E-state index contributed by atoms with van der Waals surface area (Å²) >= 11 is 0. The molecule has 0 bridgehead atoms. The highest BCUT2D eigenvalue weighted by Gasteiger charge is 2.40. The van der Waals surface area contributed by atoms with Crippen LogP contribution < -0.4 is 15.5 Å². The Morgan fingerprint density at radius 1 is 1.07 bits per heavy atom. The SMILES string of the molecule is CN(C)c1nnc(-c2ccc(NC(=O)NC3(c4ccncc4)CCC3)cc2)o1. The molecule has 0 atom stereocenters. The van der Waals surface area contributed by atoms with E-state index in [2.05, 4.69) is 25.8 Å². The zero-order valence-electron chi connectivity index (χ0n) is 15.8. The minimum atomic E-state index is -0.306. The molecule has 3 aromatic rings. The van der Waals surface area contributed by atoms with Crippen LogP contribution in [0.2, 0.25) is 0 Å². The molecule has 1 saturated carbocycles. The molecule has 8 nitrogen and oxygen atoms in total. The second-order valence-electron chi connectivity index (χ2n) is 7.11. The minimum Gasteiger partial charge on any atom is -0.403 e. The highest BCUT2D eigenvalue weighted by Crippen LogP contribution is 2.41. The maximum absolute atomic E-state index is 12.5. The predicted molar refractivity (Wildman–Crippen MR) is 106 cm³/mol. The second-order valence-corrected chi connectivity index (χ2v) is 7.11. The smallest absolute Gasteiger partial charge is 0.319 e. The van der Waals surface area contributed by atoms with Gasteiger partial charge in [-0.05, 0) is 61.2 Å². The molecule has 28 heavy (non-hydrogen) atoms. The van der Waals surface area contributed by atoms with E-state index >= 15 is 0 Å². The molecule has 2 heterocycles. The predicted octanol–water partition coefficient (Wildman–Crippen LogP) is 3.40. The lowest BCUT2D eigenvalue weighted by molar-refractivity contribution is 0.185. The van der Waals surface area contributed by atoms with Crippen molar-refractivity contribution >= 4 is 17.7 Å². The Bertz CT molecular complexity index is 948. The van der Waals surface area contributed by atoms with Crippen molar-refractivity contribution in [3.63, 3.8) is 0 Å². The van der Waals surface area contributed by atoms with Crippen molar-refractivity contribution in [1.29, 1.82) is 0 Å². The average molecular weight is 378 g/mol. The molecule has 0 radical (unpaired) electrons.